The van der Waals surface area contributed by atoms with E-state index < -0.39 is 0 Å². The standard InChI is InChI=1S/C16H22O2/c1-3-10-18-15-8-6-13(7-9-15)16(17)14-5-4-12(2)11-14/h6-9,12,14H,3-5,10-11H2,1-2H3. The van der Waals surface area contributed by atoms with Gasteiger partial charge in [0, 0.05) is 11.5 Å². The normalized spacial score (nSPS) is 23.0. The molecule has 1 saturated carbocycles. The van der Waals surface area contributed by atoms with Crippen molar-refractivity contribution in [2.75, 3.05) is 6.61 Å². The van der Waals surface area contributed by atoms with Gasteiger partial charge in [0.15, 0.2) is 5.78 Å². The molecule has 0 heterocycles. The van der Waals surface area contributed by atoms with E-state index in [1.165, 1.54) is 6.42 Å². The molecule has 1 aliphatic carbocycles. The number of ether oxygens (including phenoxy) is 1. The average molecular weight is 246 g/mol. The van der Waals surface area contributed by atoms with Crippen LogP contribution >= 0.6 is 0 Å². The number of ketones is 1. The molecular formula is C16H22O2. The van der Waals surface area contributed by atoms with Crippen LogP contribution in [0.25, 0.3) is 0 Å². The Bertz CT molecular complexity index is 394. The molecule has 0 N–H and O–H groups in total. The molecule has 1 aliphatic rings. The molecule has 0 bridgehead atoms. The summed E-state index contributed by atoms with van der Waals surface area (Å²) >= 11 is 0. The van der Waals surface area contributed by atoms with E-state index in [1.54, 1.807) is 0 Å². The summed E-state index contributed by atoms with van der Waals surface area (Å²) in [5.41, 5.74) is 0.831. The van der Waals surface area contributed by atoms with Gasteiger partial charge in [-0.3, -0.25) is 4.79 Å². The molecule has 2 nitrogen and oxygen atoms in total. The van der Waals surface area contributed by atoms with E-state index in [-0.39, 0.29) is 5.92 Å². The number of hydrogen-bond acceptors (Lipinski definition) is 2. The zero-order valence-corrected chi connectivity index (χ0v) is 11.3. The number of hydrogen-bond donors (Lipinski definition) is 0. The highest BCUT2D eigenvalue weighted by Gasteiger charge is 2.27. The Kier molecular flexibility index (Phi) is 4.40. The highest BCUT2D eigenvalue weighted by Crippen LogP contribution is 2.32. The maximum Gasteiger partial charge on any atom is 0.165 e. The number of carbonyl (C=O) groups excluding carboxylic acids is 1. The minimum absolute atomic E-state index is 0.238. The Labute approximate surface area is 109 Å². The third kappa shape index (κ3) is 3.12. The number of Topliss-reactive ketones (excluding diaryl/α,β-unsaturated/α-hetero) is 1. The summed E-state index contributed by atoms with van der Waals surface area (Å²) in [6, 6.07) is 7.61. The Morgan fingerprint density at radius 1 is 1.28 bits per heavy atom. The van der Waals surface area contributed by atoms with E-state index in [4.69, 9.17) is 4.74 Å². The van der Waals surface area contributed by atoms with Gasteiger partial charge in [-0.05, 0) is 55.9 Å². The second-order valence-corrected chi connectivity index (χ2v) is 5.35. The SMILES string of the molecule is CCCOc1ccc(C(=O)C2CCC(C)C2)cc1. The zero-order valence-electron chi connectivity index (χ0n) is 11.3. The van der Waals surface area contributed by atoms with Crippen LogP contribution in [0.2, 0.25) is 0 Å². The number of carbonyl (C=O) groups is 1. The van der Waals surface area contributed by atoms with Gasteiger partial charge >= 0.3 is 0 Å². The van der Waals surface area contributed by atoms with Gasteiger partial charge < -0.3 is 4.74 Å². The molecule has 98 valence electrons. The Hall–Kier alpha value is -1.31. The monoisotopic (exact) mass is 246 g/mol. The molecule has 2 heteroatoms. The van der Waals surface area contributed by atoms with Gasteiger partial charge in [-0.25, -0.2) is 0 Å². The summed E-state index contributed by atoms with van der Waals surface area (Å²) in [5, 5.41) is 0. The summed E-state index contributed by atoms with van der Waals surface area (Å²) in [5.74, 6) is 2.10. The molecule has 0 spiro atoms. The smallest absolute Gasteiger partial charge is 0.165 e. The lowest BCUT2D eigenvalue weighted by Gasteiger charge is -2.09. The minimum Gasteiger partial charge on any atom is -0.494 e. The van der Waals surface area contributed by atoms with Crippen LogP contribution in [0.4, 0.5) is 0 Å². The van der Waals surface area contributed by atoms with Crippen molar-refractivity contribution < 1.29 is 9.53 Å². The first-order valence-corrected chi connectivity index (χ1v) is 6.97. The molecule has 0 aliphatic heterocycles. The van der Waals surface area contributed by atoms with Crippen LogP contribution in [0.1, 0.15) is 49.9 Å². The van der Waals surface area contributed by atoms with Crippen molar-refractivity contribution in [1.29, 1.82) is 0 Å². The molecule has 2 atom stereocenters. The van der Waals surface area contributed by atoms with E-state index in [0.717, 1.165) is 37.2 Å². The first kappa shape index (κ1) is 13.1. The highest BCUT2D eigenvalue weighted by atomic mass is 16.5. The van der Waals surface area contributed by atoms with Crippen molar-refractivity contribution in [1.82, 2.24) is 0 Å². The second kappa shape index (κ2) is 6.03. The predicted octanol–water partition coefficient (Wildman–Crippen LogP) is 4.09. The van der Waals surface area contributed by atoms with E-state index in [2.05, 4.69) is 13.8 Å². The zero-order chi connectivity index (χ0) is 13.0. The van der Waals surface area contributed by atoms with Crippen molar-refractivity contribution in [2.24, 2.45) is 11.8 Å². The molecular weight excluding hydrogens is 224 g/mol. The molecule has 1 fully saturated rings. The third-order valence-electron chi connectivity index (χ3n) is 3.68. The van der Waals surface area contributed by atoms with E-state index in [1.807, 2.05) is 24.3 Å². The van der Waals surface area contributed by atoms with Crippen molar-refractivity contribution >= 4 is 5.78 Å². The van der Waals surface area contributed by atoms with Crippen molar-refractivity contribution in [3.8, 4) is 5.75 Å². The maximum absolute atomic E-state index is 12.3. The Morgan fingerprint density at radius 2 is 2.00 bits per heavy atom. The van der Waals surface area contributed by atoms with Gasteiger partial charge in [-0.2, -0.15) is 0 Å². The summed E-state index contributed by atoms with van der Waals surface area (Å²) < 4.78 is 5.52. The largest absolute Gasteiger partial charge is 0.494 e. The molecule has 0 aromatic heterocycles. The Balaban J connectivity index is 1.98. The maximum atomic E-state index is 12.3. The van der Waals surface area contributed by atoms with Crippen LogP contribution < -0.4 is 4.74 Å². The van der Waals surface area contributed by atoms with Gasteiger partial charge in [0.25, 0.3) is 0 Å². The molecule has 0 radical (unpaired) electrons. The summed E-state index contributed by atoms with van der Waals surface area (Å²) in [6.07, 6.45) is 4.29. The van der Waals surface area contributed by atoms with Crippen LogP contribution in [-0.4, -0.2) is 12.4 Å². The van der Waals surface area contributed by atoms with Crippen LogP contribution in [-0.2, 0) is 0 Å². The summed E-state index contributed by atoms with van der Waals surface area (Å²) in [7, 11) is 0. The lowest BCUT2D eigenvalue weighted by Crippen LogP contribution is -2.11. The highest BCUT2D eigenvalue weighted by molar-refractivity contribution is 5.98. The predicted molar refractivity (Wildman–Crippen MR) is 73.1 cm³/mol. The van der Waals surface area contributed by atoms with Gasteiger partial charge in [-0.15, -0.1) is 0 Å². The second-order valence-electron chi connectivity index (χ2n) is 5.35. The van der Waals surface area contributed by atoms with E-state index in [9.17, 15) is 4.79 Å². The van der Waals surface area contributed by atoms with Crippen LogP contribution in [0.5, 0.6) is 5.75 Å². The first-order valence-electron chi connectivity index (χ1n) is 6.97. The topological polar surface area (TPSA) is 26.3 Å². The average Bonchev–Trinajstić information content (AvgIpc) is 2.83. The molecule has 1 aromatic carbocycles. The van der Waals surface area contributed by atoms with Crippen molar-refractivity contribution in [3.63, 3.8) is 0 Å². The lowest BCUT2D eigenvalue weighted by molar-refractivity contribution is 0.0920. The van der Waals surface area contributed by atoms with Crippen LogP contribution in [0.15, 0.2) is 24.3 Å². The molecule has 2 rings (SSSR count). The van der Waals surface area contributed by atoms with Gasteiger partial charge in [-0.1, -0.05) is 13.8 Å². The van der Waals surface area contributed by atoms with Crippen LogP contribution in [0.3, 0.4) is 0 Å². The van der Waals surface area contributed by atoms with Crippen LogP contribution in [0, 0.1) is 11.8 Å². The fourth-order valence-corrected chi connectivity index (χ4v) is 2.62. The lowest BCUT2D eigenvalue weighted by atomic mass is 9.95. The minimum atomic E-state index is 0.238. The van der Waals surface area contributed by atoms with Gasteiger partial charge in [0.2, 0.25) is 0 Å². The molecule has 0 saturated heterocycles. The number of rotatable bonds is 5. The van der Waals surface area contributed by atoms with Crippen molar-refractivity contribution in [3.05, 3.63) is 29.8 Å². The summed E-state index contributed by atoms with van der Waals surface area (Å²) in [4.78, 5) is 12.3. The van der Waals surface area contributed by atoms with E-state index in [0.29, 0.717) is 11.7 Å². The molecule has 0 amide bonds. The van der Waals surface area contributed by atoms with E-state index >= 15 is 0 Å². The van der Waals surface area contributed by atoms with Gasteiger partial charge in [0.1, 0.15) is 5.75 Å². The fraction of sp³-hybridized carbons (Fsp3) is 0.562. The number of benzene rings is 1. The Morgan fingerprint density at radius 3 is 2.56 bits per heavy atom. The summed E-state index contributed by atoms with van der Waals surface area (Å²) in [6.45, 7) is 5.04. The van der Waals surface area contributed by atoms with Crippen molar-refractivity contribution in [2.45, 2.75) is 39.5 Å². The molecule has 18 heavy (non-hydrogen) atoms. The molecule has 1 aromatic rings. The third-order valence-corrected chi connectivity index (χ3v) is 3.68. The first-order chi connectivity index (χ1) is 8.70. The fourth-order valence-electron chi connectivity index (χ4n) is 2.62. The van der Waals surface area contributed by atoms with Gasteiger partial charge in [0.05, 0.1) is 6.61 Å². The quantitative estimate of drug-likeness (QED) is 0.731. The molecule has 2 unspecified atom stereocenters.